The highest BCUT2D eigenvalue weighted by atomic mass is 19.3. The number of hydrogen-bond acceptors (Lipinski definition) is 6. The van der Waals surface area contributed by atoms with Crippen LogP contribution in [-0.2, 0) is 0 Å². The van der Waals surface area contributed by atoms with Crippen molar-refractivity contribution in [3.8, 4) is 34.2 Å². The van der Waals surface area contributed by atoms with Crippen LogP contribution in [0.3, 0.4) is 0 Å². The molecular formula is C23H20F2N4O2. The Kier molecular flexibility index (Phi) is 4.77. The number of hydrogen-bond donors (Lipinski definition) is 0. The molecule has 1 saturated heterocycles. The molecule has 1 aliphatic heterocycles. The van der Waals surface area contributed by atoms with Gasteiger partial charge in [0.2, 0.25) is 5.89 Å². The monoisotopic (exact) mass is 422 g/mol. The summed E-state index contributed by atoms with van der Waals surface area (Å²) in [6.45, 7) is 2.48. The average molecular weight is 422 g/mol. The Hall–Kier alpha value is -3.55. The molecule has 6 nitrogen and oxygen atoms in total. The molecule has 0 amide bonds. The molecule has 0 N–H and O–H groups in total. The molecular weight excluding hydrogens is 402 g/mol. The third kappa shape index (κ3) is 3.81. The summed E-state index contributed by atoms with van der Waals surface area (Å²) in [7, 11) is 0. The largest absolute Gasteiger partial charge is 0.416 e. The van der Waals surface area contributed by atoms with Crippen molar-refractivity contribution in [3.63, 3.8) is 0 Å². The predicted molar refractivity (Wildman–Crippen MR) is 112 cm³/mol. The number of piperidine rings is 1. The topological polar surface area (TPSA) is 68.2 Å². The summed E-state index contributed by atoms with van der Waals surface area (Å²) in [6.07, 6.45) is -0.243. The molecule has 0 atom stereocenters. The van der Waals surface area contributed by atoms with Gasteiger partial charge in [0.05, 0.1) is 0 Å². The molecule has 3 heterocycles. The summed E-state index contributed by atoms with van der Waals surface area (Å²) in [5, 5.41) is 12.5. The van der Waals surface area contributed by atoms with Crippen molar-refractivity contribution in [2.75, 3.05) is 18.0 Å². The predicted octanol–water partition coefficient (Wildman–Crippen LogP) is 5.60. The maximum Gasteiger partial charge on any atom is 0.254 e. The molecule has 158 valence electrons. The summed E-state index contributed by atoms with van der Waals surface area (Å²) >= 11 is 0. The minimum Gasteiger partial charge on any atom is -0.416 e. The fourth-order valence-electron chi connectivity index (χ4n) is 3.76. The molecule has 2 aromatic carbocycles. The van der Waals surface area contributed by atoms with E-state index < -0.39 is 5.92 Å². The second-order valence-corrected chi connectivity index (χ2v) is 7.63. The zero-order valence-electron chi connectivity index (χ0n) is 16.9. The normalized spacial score (nSPS) is 15.9. The lowest BCUT2D eigenvalue weighted by atomic mass is 10.1. The maximum absolute atomic E-state index is 13.4. The Morgan fingerprint density at radius 3 is 2.26 bits per heavy atom. The number of nitrogens with zero attached hydrogens (tertiary/aromatic N) is 4. The van der Waals surface area contributed by atoms with Gasteiger partial charge in [0.15, 0.2) is 0 Å². The Bertz CT molecular complexity index is 1180. The van der Waals surface area contributed by atoms with Crippen LogP contribution in [-0.4, -0.2) is 34.4 Å². The molecule has 4 aromatic rings. The van der Waals surface area contributed by atoms with Gasteiger partial charge in [-0.05, 0) is 31.2 Å². The van der Waals surface area contributed by atoms with Crippen molar-refractivity contribution in [2.24, 2.45) is 0 Å². The molecule has 8 heteroatoms. The summed E-state index contributed by atoms with van der Waals surface area (Å²) in [5.74, 6) is -1.28. The summed E-state index contributed by atoms with van der Waals surface area (Å²) in [5.41, 5.74) is 3.85. The smallest absolute Gasteiger partial charge is 0.254 e. The lowest BCUT2D eigenvalue weighted by molar-refractivity contribution is -0.0220. The molecule has 0 spiro atoms. The molecule has 0 bridgehead atoms. The first-order chi connectivity index (χ1) is 15.0. The highest BCUT2D eigenvalue weighted by molar-refractivity contribution is 5.78. The number of halogens is 2. The fraction of sp³-hybridized carbons (Fsp3) is 0.261. The van der Waals surface area contributed by atoms with Gasteiger partial charge < -0.3 is 13.8 Å². The Morgan fingerprint density at radius 2 is 1.55 bits per heavy atom. The van der Waals surface area contributed by atoms with Gasteiger partial charge >= 0.3 is 0 Å². The van der Waals surface area contributed by atoms with Crippen LogP contribution in [0.1, 0.15) is 18.6 Å². The van der Waals surface area contributed by atoms with Crippen LogP contribution >= 0.6 is 0 Å². The van der Waals surface area contributed by atoms with Gasteiger partial charge in [0, 0.05) is 42.7 Å². The number of benzene rings is 2. The fourth-order valence-corrected chi connectivity index (χ4v) is 3.76. The SMILES string of the molecule is Cc1onc(-c2ccccc2)c1-c1nnc(-c2ccc(N3CCC(F)(F)CC3)cc2)o1. The zero-order valence-corrected chi connectivity index (χ0v) is 16.9. The average Bonchev–Trinajstić information content (AvgIpc) is 3.41. The van der Waals surface area contributed by atoms with Crippen molar-refractivity contribution >= 4 is 5.69 Å². The van der Waals surface area contributed by atoms with E-state index in [0.29, 0.717) is 41.9 Å². The van der Waals surface area contributed by atoms with E-state index in [2.05, 4.69) is 15.4 Å². The molecule has 0 aliphatic carbocycles. The van der Waals surface area contributed by atoms with Gasteiger partial charge in [0.25, 0.3) is 11.8 Å². The van der Waals surface area contributed by atoms with E-state index in [9.17, 15) is 8.78 Å². The number of alkyl halides is 2. The van der Waals surface area contributed by atoms with Crippen LogP contribution in [0.15, 0.2) is 63.5 Å². The second-order valence-electron chi connectivity index (χ2n) is 7.63. The minimum atomic E-state index is -2.56. The van der Waals surface area contributed by atoms with E-state index in [1.807, 2.05) is 59.5 Å². The van der Waals surface area contributed by atoms with Gasteiger partial charge in [-0.15, -0.1) is 10.2 Å². The van der Waals surface area contributed by atoms with E-state index in [-0.39, 0.29) is 12.8 Å². The van der Waals surface area contributed by atoms with Crippen molar-refractivity contribution in [1.29, 1.82) is 0 Å². The first-order valence-electron chi connectivity index (χ1n) is 10.1. The molecule has 5 rings (SSSR count). The molecule has 0 unspecified atom stereocenters. The maximum atomic E-state index is 13.4. The first kappa shape index (κ1) is 19.4. The Labute approximate surface area is 177 Å². The number of rotatable bonds is 4. The third-order valence-corrected chi connectivity index (χ3v) is 5.52. The number of aromatic nitrogens is 3. The van der Waals surface area contributed by atoms with Gasteiger partial charge in [-0.1, -0.05) is 35.5 Å². The molecule has 2 aromatic heterocycles. The lowest BCUT2D eigenvalue weighted by Crippen LogP contribution is -2.39. The first-order valence-corrected chi connectivity index (χ1v) is 10.1. The van der Waals surface area contributed by atoms with Crippen LogP contribution in [0.5, 0.6) is 0 Å². The van der Waals surface area contributed by atoms with Crippen LogP contribution in [0, 0.1) is 6.92 Å². The quantitative estimate of drug-likeness (QED) is 0.426. The van der Waals surface area contributed by atoms with Gasteiger partial charge in [0.1, 0.15) is 17.0 Å². The van der Waals surface area contributed by atoms with Crippen molar-refractivity contribution in [1.82, 2.24) is 15.4 Å². The van der Waals surface area contributed by atoms with Crippen LogP contribution < -0.4 is 4.90 Å². The van der Waals surface area contributed by atoms with E-state index in [0.717, 1.165) is 16.8 Å². The van der Waals surface area contributed by atoms with Crippen LogP contribution in [0.2, 0.25) is 0 Å². The molecule has 31 heavy (non-hydrogen) atoms. The van der Waals surface area contributed by atoms with Crippen molar-refractivity contribution in [2.45, 2.75) is 25.7 Å². The van der Waals surface area contributed by atoms with Gasteiger partial charge in [-0.3, -0.25) is 0 Å². The second kappa shape index (κ2) is 7.61. The molecule has 1 fully saturated rings. The van der Waals surface area contributed by atoms with Gasteiger partial charge in [-0.2, -0.15) is 0 Å². The van der Waals surface area contributed by atoms with Gasteiger partial charge in [-0.25, -0.2) is 8.78 Å². The standard InChI is InChI=1S/C23H20F2N4O2/c1-15-19(20(28-31-15)16-5-3-2-4-6-16)22-27-26-21(30-22)17-7-9-18(10-8-17)29-13-11-23(24,25)12-14-29/h2-10H,11-14H2,1H3. The van der Waals surface area contributed by atoms with E-state index in [1.54, 1.807) is 6.92 Å². The number of aryl methyl sites for hydroxylation is 1. The zero-order chi connectivity index (χ0) is 21.4. The molecule has 0 saturated carbocycles. The van der Waals surface area contributed by atoms with Crippen molar-refractivity contribution in [3.05, 3.63) is 60.4 Å². The highest BCUT2D eigenvalue weighted by Gasteiger charge is 2.34. The number of anilines is 1. The summed E-state index contributed by atoms with van der Waals surface area (Å²) in [4.78, 5) is 1.97. The summed E-state index contributed by atoms with van der Waals surface area (Å²) < 4.78 is 38.1. The Morgan fingerprint density at radius 1 is 0.871 bits per heavy atom. The summed E-state index contributed by atoms with van der Waals surface area (Å²) in [6, 6.07) is 17.2. The minimum absolute atomic E-state index is 0.121. The van der Waals surface area contributed by atoms with Crippen LogP contribution in [0.25, 0.3) is 34.2 Å². The van der Waals surface area contributed by atoms with E-state index in [4.69, 9.17) is 8.94 Å². The third-order valence-electron chi connectivity index (χ3n) is 5.52. The van der Waals surface area contributed by atoms with E-state index in [1.165, 1.54) is 0 Å². The van der Waals surface area contributed by atoms with E-state index >= 15 is 0 Å². The molecule has 0 radical (unpaired) electrons. The molecule has 1 aliphatic rings. The van der Waals surface area contributed by atoms with Crippen molar-refractivity contribution < 1.29 is 17.7 Å². The lowest BCUT2D eigenvalue weighted by Gasteiger charge is -2.33. The Balaban J connectivity index is 1.39. The van der Waals surface area contributed by atoms with Crippen LogP contribution in [0.4, 0.5) is 14.5 Å². The highest BCUT2D eigenvalue weighted by Crippen LogP contribution is 2.35.